The van der Waals surface area contributed by atoms with Gasteiger partial charge in [0.15, 0.2) is 0 Å². The van der Waals surface area contributed by atoms with Crippen LogP contribution in [0.2, 0.25) is 0 Å². The number of ether oxygens (including phenoxy) is 1. The monoisotopic (exact) mass is 337 g/mol. The Kier molecular flexibility index (Phi) is 5.15. The maximum atomic E-state index is 13.5. The van der Waals surface area contributed by atoms with Crippen molar-refractivity contribution in [2.75, 3.05) is 13.7 Å². The van der Waals surface area contributed by atoms with Crippen molar-refractivity contribution in [1.29, 1.82) is 0 Å². The second-order valence-corrected chi connectivity index (χ2v) is 5.29. The standard InChI is InChI=1S/C16H17BrFNO/c1-3-19-16(11-5-4-6-12(18)9-11)14-10-13(20-2)7-8-15(14)17/h4-10,16,19H,3H2,1-2H3. The van der Waals surface area contributed by atoms with Gasteiger partial charge in [0.1, 0.15) is 11.6 Å². The van der Waals surface area contributed by atoms with E-state index in [4.69, 9.17) is 4.74 Å². The molecule has 1 atom stereocenters. The van der Waals surface area contributed by atoms with Crippen LogP contribution in [-0.2, 0) is 0 Å². The summed E-state index contributed by atoms with van der Waals surface area (Å²) in [7, 11) is 1.64. The molecule has 0 saturated carbocycles. The van der Waals surface area contributed by atoms with Crippen LogP contribution in [0.15, 0.2) is 46.9 Å². The SMILES string of the molecule is CCNC(c1cccc(F)c1)c1cc(OC)ccc1Br. The quantitative estimate of drug-likeness (QED) is 0.878. The fourth-order valence-electron chi connectivity index (χ4n) is 2.17. The van der Waals surface area contributed by atoms with E-state index in [2.05, 4.69) is 21.2 Å². The third-order valence-electron chi connectivity index (χ3n) is 3.10. The van der Waals surface area contributed by atoms with E-state index >= 15 is 0 Å². The molecule has 1 unspecified atom stereocenters. The molecule has 0 radical (unpaired) electrons. The molecule has 20 heavy (non-hydrogen) atoms. The van der Waals surface area contributed by atoms with Gasteiger partial charge < -0.3 is 10.1 Å². The molecule has 0 aromatic heterocycles. The summed E-state index contributed by atoms with van der Waals surface area (Å²) in [6.07, 6.45) is 0. The number of nitrogens with one attached hydrogen (secondary N) is 1. The fourth-order valence-corrected chi connectivity index (χ4v) is 2.64. The van der Waals surface area contributed by atoms with Gasteiger partial charge in [0.05, 0.1) is 13.2 Å². The lowest BCUT2D eigenvalue weighted by Gasteiger charge is -2.21. The van der Waals surface area contributed by atoms with E-state index in [0.717, 1.165) is 27.9 Å². The third kappa shape index (κ3) is 3.38. The molecule has 4 heteroatoms. The molecule has 106 valence electrons. The van der Waals surface area contributed by atoms with Crippen molar-refractivity contribution in [3.05, 3.63) is 63.9 Å². The first-order valence-electron chi connectivity index (χ1n) is 6.48. The van der Waals surface area contributed by atoms with Crippen LogP contribution in [0.3, 0.4) is 0 Å². The molecule has 2 aromatic rings. The summed E-state index contributed by atoms with van der Waals surface area (Å²) in [4.78, 5) is 0. The Morgan fingerprint density at radius 3 is 2.70 bits per heavy atom. The van der Waals surface area contributed by atoms with Crippen LogP contribution in [-0.4, -0.2) is 13.7 Å². The third-order valence-corrected chi connectivity index (χ3v) is 3.83. The summed E-state index contributed by atoms with van der Waals surface area (Å²) in [6.45, 7) is 2.81. The number of methoxy groups -OCH3 is 1. The van der Waals surface area contributed by atoms with Gasteiger partial charge in [0, 0.05) is 4.47 Å². The number of hydrogen-bond donors (Lipinski definition) is 1. The van der Waals surface area contributed by atoms with Crippen molar-refractivity contribution < 1.29 is 9.13 Å². The lowest BCUT2D eigenvalue weighted by atomic mass is 9.98. The lowest BCUT2D eigenvalue weighted by molar-refractivity contribution is 0.413. The first-order valence-corrected chi connectivity index (χ1v) is 7.27. The van der Waals surface area contributed by atoms with Gasteiger partial charge in [-0.25, -0.2) is 4.39 Å². The van der Waals surface area contributed by atoms with Crippen LogP contribution in [0.4, 0.5) is 4.39 Å². The summed E-state index contributed by atoms with van der Waals surface area (Å²) in [5.74, 6) is 0.548. The maximum absolute atomic E-state index is 13.5. The van der Waals surface area contributed by atoms with Crippen molar-refractivity contribution in [2.24, 2.45) is 0 Å². The van der Waals surface area contributed by atoms with Gasteiger partial charge in [0.25, 0.3) is 0 Å². The predicted molar refractivity (Wildman–Crippen MR) is 82.6 cm³/mol. The molecule has 0 spiro atoms. The molecule has 2 aromatic carbocycles. The van der Waals surface area contributed by atoms with Gasteiger partial charge in [0.2, 0.25) is 0 Å². The summed E-state index contributed by atoms with van der Waals surface area (Å²) < 4.78 is 19.7. The van der Waals surface area contributed by atoms with E-state index in [9.17, 15) is 4.39 Å². The van der Waals surface area contributed by atoms with Gasteiger partial charge >= 0.3 is 0 Å². The fraction of sp³-hybridized carbons (Fsp3) is 0.250. The highest BCUT2D eigenvalue weighted by Crippen LogP contribution is 2.31. The zero-order chi connectivity index (χ0) is 14.5. The molecule has 1 N–H and O–H groups in total. The van der Waals surface area contributed by atoms with E-state index in [1.807, 2.05) is 31.2 Å². The van der Waals surface area contributed by atoms with Gasteiger partial charge in [-0.05, 0) is 48.0 Å². The Balaban J connectivity index is 2.47. The summed E-state index contributed by atoms with van der Waals surface area (Å²) >= 11 is 3.56. The molecule has 0 aliphatic heterocycles. The van der Waals surface area contributed by atoms with Crippen molar-refractivity contribution >= 4 is 15.9 Å². The van der Waals surface area contributed by atoms with E-state index in [-0.39, 0.29) is 11.9 Å². The number of rotatable bonds is 5. The van der Waals surface area contributed by atoms with E-state index in [1.165, 1.54) is 6.07 Å². The first kappa shape index (κ1) is 15.0. The molecular formula is C16H17BrFNO. The molecular weight excluding hydrogens is 321 g/mol. The smallest absolute Gasteiger partial charge is 0.123 e. The highest BCUT2D eigenvalue weighted by Gasteiger charge is 2.17. The summed E-state index contributed by atoms with van der Waals surface area (Å²) in [6, 6.07) is 12.4. The summed E-state index contributed by atoms with van der Waals surface area (Å²) in [5.41, 5.74) is 1.91. The molecule has 0 amide bonds. The molecule has 0 heterocycles. The van der Waals surface area contributed by atoms with Crippen LogP contribution in [0.5, 0.6) is 5.75 Å². The van der Waals surface area contributed by atoms with Crippen LogP contribution in [0.25, 0.3) is 0 Å². The molecule has 0 saturated heterocycles. The zero-order valence-corrected chi connectivity index (χ0v) is 13.1. The van der Waals surface area contributed by atoms with Gasteiger partial charge in [-0.1, -0.05) is 35.0 Å². The molecule has 0 aliphatic carbocycles. The average molecular weight is 338 g/mol. The first-order chi connectivity index (χ1) is 9.65. The minimum Gasteiger partial charge on any atom is -0.497 e. The van der Waals surface area contributed by atoms with Crippen molar-refractivity contribution in [1.82, 2.24) is 5.32 Å². The Labute approximate surface area is 127 Å². The molecule has 0 aliphatic rings. The Hall–Kier alpha value is -1.39. The highest BCUT2D eigenvalue weighted by atomic mass is 79.9. The Morgan fingerprint density at radius 1 is 1.25 bits per heavy atom. The zero-order valence-electron chi connectivity index (χ0n) is 11.5. The number of hydrogen-bond acceptors (Lipinski definition) is 2. The minimum atomic E-state index is -0.232. The van der Waals surface area contributed by atoms with Gasteiger partial charge in [-0.15, -0.1) is 0 Å². The van der Waals surface area contributed by atoms with E-state index in [1.54, 1.807) is 19.2 Å². The summed E-state index contributed by atoms with van der Waals surface area (Å²) in [5, 5.41) is 3.38. The average Bonchev–Trinajstić information content (AvgIpc) is 2.46. The lowest BCUT2D eigenvalue weighted by Crippen LogP contribution is -2.22. The minimum absolute atomic E-state index is 0.0832. The maximum Gasteiger partial charge on any atom is 0.123 e. The van der Waals surface area contributed by atoms with Crippen molar-refractivity contribution in [3.8, 4) is 5.75 Å². The van der Waals surface area contributed by atoms with E-state index in [0.29, 0.717) is 0 Å². The topological polar surface area (TPSA) is 21.3 Å². The highest BCUT2D eigenvalue weighted by molar-refractivity contribution is 9.10. The van der Waals surface area contributed by atoms with Crippen LogP contribution < -0.4 is 10.1 Å². The second kappa shape index (κ2) is 6.86. The molecule has 0 fully saturated rings. The van der Waals surface area contributed by atoms with Crippen molar-refractivity contribution in [2.45, 2.75) is 13.0 Å². The number of halogens is 2. The molecule has 0 bridgehead atoms. The van der Waals surface area contributed by atoms with Gasteiger partial charge in [-0.3, -0.25) is 0 Å². The molecule has 2 nitrogen and oxygen atoms in total. The normalized spacial score (nSPS) is 12.2. The molecule has 2 rings (SSSR count). The second-order valence-electron chi connectivity index (χ2n) is 4.43. The van der Waals surface area contributed by atoms with E-state index < -0.39 is 0 Å². The Morgan fingerprint density at radius 2 is 2.05 bits per heavy atom. The van der Waals surface area contributed by atoms with Crippen molar-refractivity contribution in [3.63, 3.8) is 0 Å². The Bertz CT molecular complexity index is 588. The van der Waals surface area contributed by atoms with Crippen LogP contribution in [0, 0.1) is 5.82 Å². The van der Waals surface area contributed by atoms with Crippen LogP contribution in [0.1, 0.15) is 24.1 Å². The predicted octanol–water partition coefficient (Wildman–Crippen LogP) is 4.30. The van der Waals surface area contributed by atoms with Gasteiger partial charge in [-0.2, -0.15) is 0 Å². The van der Waals surface area contributed by atoms with Crippen LogP contribution >= 0.6 is 15.9 Å². The largest absolute Gasteiger partial charge is 0.497 e. The number of benzene rings is 2.